The third kappa shape index (κ3) is 3.37. The second-order valence-corrected chi connectivity index (χ2v) is 4.11. The molecule has 1 aromatic heterocycles. The third-order valence-electron chi connectivity index (χ3n) is 2.06. The van der Waals surface area contributed by atoms with Crippen LogP contribution >= 0.6 is 11.3 Å². The molecule has 0 aromatic carbocycles. The number of hydrogen-bond acceptors (Lipinski definition) is 2. The molecule has 0 bridgehead atoms. The van der Waals surface area contributed by atoms with Crippen LogP contribution in [0.3, 0.4) is 0 Å². The van der Waals surface area contributed by atoms with Crippen LogP contribution in [0.4, 0.5) is 0 Å². The molecule has 0 aliphatic heterocycles. The van der Waals surface area contributed by atoms with Crippen LogP contribution in [0.1, 0.15) is 18.9 Å². The van der Waals surface area contributed by atoms with E-state index in [1.165, 1.54) is 18.4 Å². The number of thiophene rings is 1. The van der Waals surface area contributed by atoms with Crippen molar-refractivity contribution in [3.05, 3.63) is 22.4 Å². The molecule has 1 unspecified atom stereocenters. The highest BCUT2D eigenvalue weighted by molar-refractivity contribution is 7.07. The van der Waals surface area contributed by atoms with Gasteiger partial charge in [-0.15, -0.1) is 0 Å². The van der Waals surface area contributed by atoms with Gasteiger partial charge >= 0.3 is 0 Å². The molecule has 0 aliphatic rings. The Kier molecular flexibility index (Phi) is 4.33. The Hall–Kier alpha value is -0.340. The van der Waals surface area contributed by atoms with Crippen molar-refractivity contribution in [2.75, 3.05) is 13.6 Å². The quantitative estimate of drug-likeness (QED) is 0.739. The first kappa shape index (κ1) is 9.75. The summed E-state index contributed by atoms with van der Waals surface area (Å²) in [5, 5.41) is 7.59. The largest absolute Gasteiger partial charge is 0.319 e. The molecular formula is C10H17NS. The Morgan fingerprint density at radius 1 is 1.58 bits per heavy atom. The Morgan fingerprint density at radius 2 is 2.42 bits per heavy atom. The molecule has 1 nitrogen and oxygen atoms in total. The van der Waals surface area contributed by atoms with Gasteiger partial charge in [0.25, 0.3) is 0 Å². The fourth-order valence-electron chi connectivity index (χ4n) is 1.30. The molecule has 0 saturated heterocycles. The average Bonchev–Trinajstić information content (AvgIpc) is 2.53. The molecule has 0 amide bonds. The minimum atomic E-state index is 0.787. The van der Waals surface area contributed by atoms with Gasteiger partial charge in [-0.25, -0.2) is 0 Å². The Labute approximate surface area is 78.8 Å². The lowest BCUT2D eigenvalue weighted by atomic mass is 10.0. The van der Waals surface area contributed by atoms with Crippen LogP contribution in [0.25, 0.3) is 0 Å². The first-order valence-corrected chi connectivity index (χ1v) is 5.43. The van der Waals surface area contributed by atoms with Crippen molar-refractivity contribution in [2.24, 2.45) is 5.92 Å². The van der Waals surface area contributed by atoms with E-state index >= 15 is 0 Å². The van der Waals surface area contributed by atoms with Gasteiger partial charge in [0.1, 0.15) is 0 Å². The maximum absolute atomic E-state index is 3.20. The highest BCUT2D eigenvalue weighted by Gasteiger charge is 2.00. The predicted molar refractivity (Wildman–Crippen MR) is 55.7 cm³/mol. The molecule has 0 fully saturated rings. The summed E-state index contributed by atoms with van der Waals surface area (Å²) >= 11 is 1.79. The Balaban J connectivity index is 2.17. The molecule has 1 N–H and O–H groups in total. The van der Waals surface area contributed by atoms with Crippen molar-refractivity contribution in [2.45, 2.75) is 19.8 Å². The molecule has 1 heterocycles. The van der Waals surface area contributed by atoms with Crippen LogP contribution in [0.15, 0.2) is 16.8 Å². The van der Waals surface area contributed by atoms with Crippen LogP contribution in [0.2, 0.25) is 0 Å². The Bertz CT molecular complexity index is 194. The van der Waals surface area contributed by atoms with Gasteiger partial charge in [-0.1, -0.05) is 6.92 Å². The van der Waals surface area contributed by atoms with Gasteiger partial charge in [-0.3, -0.25) is 0 Å². The molecule has 0 saturated carbocycles. The Morgan fingerprint density at radius 3 is 3.00 bits per heavy atom. The second kappa shape index (κ2) is 5.33. The van der Waals surface area contributed by atoms with Crippen molar-refractivity contribution < 1.29 is 0 Å². The summed E-state index contributed by atoms with van der Waals surface area (Å²) in [7, 11) is 2.01. The fraction of sp³-hybridized carbons (Fsp3) is 0.600. The first-order chi connectivity index (χ1) is 5.83. The zero-order valence-electron chi connectivity index (χ0n) is 7.84. The van der Waals surface area contributed by atoms with Crippen molar-refractivity contribution in [1.82, 2.24) is 5.32 Å². The summed E-state index contributed by atoms with van der Waals surface area (Å²) in [4.78, 5) is 0. The van der Waals surface area contributed by atoms with Crippen LogP contribution in [-0.2, 0) is 6.42 Å². The molecule has 0 spiro atoms. The van der Waals surface area contributed by atoms with Crippen LogP contribution < -0.4 is 5.32 Å². The second-order valence-electron chi connectivity index (χ2n) is 3.33. The highest BCUT2D eigenvalue weighted by atomic mass is 32.1. The molecule has 1 rings (SSSR count). The molecule has 68 valence electrons. The highest BCUT2D eigenvalue weighted by Crippen LogP contribution is 2.11. The molecule has 2 heteroatoms. The maximum atomic E-state index is 3.20. The van der Waals surface area contributed by atoms with Gasteiger partial charge in [-0.05, 0) is 54.7 Å². The summed E-state index contributed by atoms with van der Waals surface area (Å²) in [6, 6.07) is 2.22. The summed E-state index contributed by atoms with van der Waals surface area (Å²) in [6.45, 7) is 3.42. The van der Waals surface area contributed by atoms with E-state index in [9.17, 15) is 0 Å². The van der Waals surface area contributed by atoms with E-state index in [0.29, 0.717) is 0 Å². The van der Waals surface area contributed by atoms with Gasteiger partial charge in [0.2, 0.25) is 0 Å². The van der Waals surface area contributed by atoms with E-state index < -0.39 is 0 Å². The summed E-state index contributed by atoms with van der Waals surface area (Å²) < 4.78 is 0. The molecule has 1 aromatic rings. The third-order valence-corrected chi connectivity index (χ3v) is 2.79. The summed E-state index contributed by atoms with van der Waals surface area (Å²) in [6.07, 6.45) is 2.52. The summed E-state index contributed by atoms with van der Waals surface area (Å²) in [5.74, 6) is 0.787. The van der Waals surface area contributed by atoms with Gasteiger partial charge in [-0.2, -0.15) is 11.3 Å². The maximum Gasteiger partial charge on any atom is -0.00260 e. The van der Waals surface area contributed by atoms with Gasteiger partial charge in [0.05, 0.1) is 0 Å². The van der Waals surface area contributed by atoms with E-state index in [1.807, 2.05) is 7.05 Å². The minimum absolute atomic E-state index is 0.787. The minimum Gasteiger partial charge on any atom is -0.319 e. The summed E-state index contributed by atoms with van der Waals surface area (Å²) in [5.41, 5.74) is 1.49. The van der Waals surface area contributed by atoms with Crippen LogP contribution in [-0.4, -0.2) is 13.6 Å². The normalized spacial score (nSPS) is 13.2. The lowest BCUT2D eigenvalue weighted by Gasteiger charge is -2.08. The monoisotopic (exact) mass is 183 g/mol. The predicted octanol–water partition coefficient (Wildman–Crippen LogP) is 2.54. The van der Waals surface area contributed by atoms with Crippen molar-refractivity contribution in [3.8, 4) is 0 Å². The molecule has 0 aliphatic carbocycles. The molecule has 1 atom stereocenters. The SMILES string of the molecule is CNCC(C)CCc1ccsc1. The number of nitrogens with one attached hydrogen (secondary N) is 1. The van der Waals surface area contributed by atoms with Crippen molar-refractivity contribution >= 4 is 11.3 Å². The molecular weight excluding hydrogens is 166 g/mol. The zero-order chi connectivity index (χ0) is 8.81. The molecule has 12 heavy (non-hydrogen) atoms. The van der Waals surface area contributed by atoms with Crippen molar-refractivity contribution in [1.29, 1.82) is 0 Å². The lowest BCUT2D eigenvalue weighted by Crippen LogP contribution is -2.16. The number of hydrogen-bond donors (Lipinski definition) is 1. The van der Waals surface area contributed by atoms with Crippen molar-refractivity contribution in [3.63, 3.8) is 0 Å². The fourth-order valence-corrected chi connectivity index (χ4v) is 2.00. The zero-order valence-corrected chi connectivity index (χ0v) is 8.66. The first-order valence-electron chi connectivity index (χ1n) is 4.48. The topological polar surface area (TPSA) is 12.0 Å². The van der Waals surface area contributed by atoms with E-state index in [2.05, 4.69) is 29.1 Å². The van der Waals surface area contributed by atoms with Gasteiger partial charge in [0.15, 0.2) is 0 Å². The van der Waals surface area contributed by atoms with Gasteiger partial charge in [0, 0.05) is 0 Å². The standard InChI is InChI=1S/C10H17NS/c1-9(7-11-2)3-4-10-5-6-12-8-10/h5-6,8-9,11H,3-4,7H2,1-2H3. The van der Waals surface area contributed by atoms with E-state index in [4.69, 9.17) is 0 Å². The molecule has 0 radical (unpaired) electrons. The number of aryl methyl sites for hydroxylation is 1. The van der Waals surface area contributed by atoms with Gasteiger partial charge < -0.3 is 5.32 Å². The lowest BCUT2D eigenvalue weighted by molar-refractivity contribution is 0.505. The smallest absolute Gasteiger partial charge is 0.00260 e. The number of rotatable bonds is 5. The van der Waals surface area contributed by atoms with E-state index in [0.717, 1.165) is 12.5 Å². The van der Waals surface area contributed by atoms with Crippen LogP contribution in [0, 0.1) is 5.92 Å². The average molecular weight is 183 g/mol. The van der Waals surface area contributed by atoms with E-state index in [-0.39, 0.29) is 0 Å². The van der Waals surface area contributed by atoms with Crippen LogP contribution in [0.5, 0.6) is 0 Å². The van der Waals surface area contributed by atoms with E-state index in [1.54, 1.807) is 11.3 Å².